The molecule has 0 spiro atoms. The van der Waals surface area contributed by atoms with Crippen molar-refractivity contribution in [3.8, 4) is 0 Å². The topological polar surface area (TPSA) is 30.2 Å². The predicted octanol–water partition coefficient (Wildman–Crippen LogP) is 2.37. The van der Waals surface area contributed by atoms with E-state index in [9.17, 15) is 0 Å². The Balaban J connectivity index is 2.20. The third-order valence-electron chi connectivity index (χ3n) is 2.30. The Hall–Kier alpha value is -0.900. The number of halogens is 1. The van der Waals surface area contributed by atoms with Gasteiger partial charge in [0.25, 0.3) is 0 Å². The quantitative estimate of drug-likeness (QED) is 0.763. The van der Waals surface area contributed by atoms with Crippen molar-refractivity contribution >= 4 is 21.6 Å². The zero-order chi connectivity index (χ0) is 8.84. The third kappa shape index (κ3) is 1.25. The maximum atomic E-state index is 4.46. The molecule has 2 aromatic heterocycles. The summed E-state index contributed by atoms with van der Waals surface area (Å²) in [6, 6.07) is 2.07. The van der Waals surface area contributed by atoms with Gasteiger partial charge in [-0.15, -0.1) is 0 Å². The van der Waals surface area contributed by atoms with Gasteiger partial charge in [-0.05, 0) is 28.8 Å². The maximum absolute atomic E-state index is 4.46. The molecule has 0 aromatic carbocycles. The van der Waals surface area contributed by atoms with Crippen molar-refractivity contribution in [3.63, 3.8) is 0 Å². The monoisotopic (exact) mass is 237 g/mol. The minimum absolute atomic E-state index is 0.695. The van der Waals surface area contributed by atoms with Crippen LogP contribution in [0.5, 0.6) is 0 Å². The van der Waals surface area contributed by atoms with Gasteiger partial charge in [0.15, 0.2) is 5.65 Å². The van der Waals surface area contributed by atoms with E-state index in [-0.39, 0.29) is 0 Å². The van der Waals surface area contributed by atoms with Crippen molar-refractivity contribution in [3.05, 3.63) is 28.6 Å². The van der Waals surface area contributed by atoms with Gasteiger partial charge >= 0.3 is 0 Å². The van der Waals surface area contributed by atoms with Crippen LogP contribution in [0, 0.1) is 0 Å². The van der Waals surface area contributed by atoms with Crippen LogP contribution in [0.4, 0.5) is 0 Å². The lowest BCUT2D eigenvalue weighted by molar-refractivity contribution is 0.878. The van der Waals surface area contributed by atoms with E-state index in [1.54, 1.807) is 6.20 Å². The molecule has 0 atom stereocenters. The van der Waals surface area contributed by atoms with Crippen LogP contribution in [0.1, 0.15) is 24.5 Å². The summed E-state index contributed by atoms with van der Waals surface area (Å²) in [5, 5.41) is 4.46. The van der Waals surface area contributed by atoms with Crippen molar-refractivity contribution in [2.45, 2.75) is 18.8 Å². The molecule has 1 aliphatic carbocycles. The molecule has 13 heavy (non-hydrogen) atoms. The molecule has 1 aliphatic rings. The Morgan fingerprint density at radius 3 is 3.08 bits per heavy atom. The summed E-state index contributed by atoms with van der Waals surface area (Å²) in [6.07, 6.45) is 6.30. The SMILES string of the molecule is Brc1cnc2cc(C3CC3)nn2c1. The second kappa shape index (κ2) is 2.54. The van der Waals surface area contributed by atoms with Gasteiger partial charge in [0, 0.05) is 24.4 Å². The molecule has 0 amide bonds. The largest absolute Gasteiger partial charge is 0.236 e. The van der Waals surface area contributed by atoms with Crippen LogP contribution in [-0.4, -0.2) is 14.6 Å². The average Bonchev–Trinajstić information content (AvgIpc) is 2.87. The Morgan fingerprint density at radius 1 is 1.46 bits per heavy atom. The van der Waals surface area contributed by atoms with Crippen LogP contribution < -0.4 is 0 Å². The summed E-state index contributed by atoms with van der Waals surface area (Å²) < 4.78 is 2.79. The van der Waals surface area contributed by atoms with Crippen molar-refractivity contribution in [1.29, 1.82) is 0 Å². The summed E-state index contributed by atoms with van der Waals surface area (Å²) in [4.78, 5) is 4.27. The number of fused-ring (bicyclic) bond motifs is 1. The second-order valence-electron chi connectivity index (χ2n) is 3.42. The first-order valence-electron chi connectivity index (χ1n) is 4.34. The van der Waals surface area contributed by atoms with E-state index >= 15 is 0 Å². The highest BCUT2D eigenvalue weighted by molar-refractivity contribution is 9.10. The fourth-order valence-electron chi connectivity index (χ4n) is 1.45. The lowest BCUT2D eigenvalue weighted by Crippen LogP contribution is -1.89. The fraction of sp³-hybridized carbons (Fsp3) is 0.333. The molecule has 1 saturated carbocycles. The van der Waals surface area contributed by atoms with Gasteiger partial charge in [-0.1, -0.05) is 0 Å². The molecule has 0 N–H and O–H groups in total. The van der Waals surface area contributed by atoms with Crippen LogP contribution in [-0.2, 0) is 0 Å². The Morgan fingerprint density at radius 2 is 2.31 bits per heavy atom. The first-order valence-corrected chi connectivity index (χ1v) is 5.13. The third-order valence-corrected chi connectivity index (χ3v) is 2.71. The Kier molecular flexibility index (Phi) is 1.47. The minimum Gasteiger partial charge on any atom is -0.236 e. The molecule has 2 aromatic rings. The van der Waals surface area contributed by atoms with Gasteiger partial charge in [-0.25, -0.2) is 9.50 Å². The van der Waals surface area contributed by atoms with Gasteiger partial charge in [-0.2, -0.15) is 5.10 Å². The van der Waals surface area contributed by atoms with Crippen molar-refractivity contribution in [2.24, 2.45) is 0 Å². The molecule has 0 aliphatic heterocycles. The number of hydrogen-bond acceptors (Lipinski definition) is 2. The normalized spacial score (nSPS) is 16.7. The number of nitrogens with zero attached hydrogens (tertiary/aromatic N) is 3. The standard InChI is InChI=1S/C9H8BrN3/c10-7-4-11-9-3-8(6-1-2-6)12-13(9)5-7/h3-6H,1-2H2. The van der Waals surface area contributed by atoms with Crippen LogP contribution in [0.15, 0.2) is 22.9 Å². The van der Waals surface area contributed by atoms with E-state index in [0.29, 0.717) is 5.92 Å². The molecule has 0 bridgehead atoms. The molecular weight excluding hydrogens is 230 g/mol. The summed E-state index contributed by atoms with van der Waals surface area (Å²) in [7, 11) is 0. The molecular formula is C9H8BrN3. The van der Waals surface area contributed by atoms with Gasteiger partial charge in [0.1, 0.15) is 0 Å². The first kappa shape index (κ1) is 7.50. The van der Waals surface area contributed by atoms with E-state index in [2.05, 4.69) is 32.1 Å². The van der Waals surface area contributed by atoms with Gasteiger partial charge < -0.3 is 0 Å². The van der Waals surface area contributed by atoms with Gasteiger partial charge in [-0.3, -0.25) is 0 Å². The molecule has 0 radical (unpaired) electrons. The van der Waals surface area contributed by atoms with E-state index in [1.807, 2.05) is 10.7 Å². The lowest BCUT2D eigenvalue weighted by atomic mass is 10.3. The molecule has 0 unspecified atom stereocenters. The maximum Gasteiger partial charge on any atom is 0.155 e. The number of hydrogen-bond donors (Lipinski definition) is 0. The van der Waals surface area contributed by atoms with Crippen LogP contribution in [0.2, 0.25) is 0 Å². The Labute approximate surface area is 83.9 Å². The molecule has 0 saturated heterocycles. The summed E-state index contributed by atoms with van der Waals surface area (Å²) in [6.45, 7) is 0. The van der Waals surface area contributed by atoms with E-state index in [4.69, 9.17) is 0 Å². The number of rotatable bonds is 1. The number of aromatic nitrogens is 3. The van der Waals surface area contributed by atoms with Gasteiger partial charge in [0.2, 0.25) is 0 Å². The van der Waals surface area contributed by atoms with Gasteiger partial charge in [0.05, 0.1) is 10.2 Å². The zero-order valence-electron chi connectivity index (χ0n) is 6.94. The second-order valence-corrected chi connectivity index (χ2v) is 4.33. The highest BCUT2D eigenvalue weighted by Crippen LogP contribution is 2.39. The molecule has 4 heteroatoms. The van der Waals surface area contributed by atoms with E-state index in [1.165, 1.54) is 18.5 Å². The van der Waals surface area contributed by atoms with E-state index < -0.39 is 0 Å². The van der Waals surface area contributed by atoms with Crippen LogP contribution >= 0.6 is 15.9 Å². The lowest BCUT2D eigenvalue weighted by Gasteiger charge is -1.91. The summed E-state index contributed by atoms with van der Waals surface area (Å²) in [5.74, 6) is 0.695. The van der Waals surface area contributed by atoms with E-state index in [0.717, 1.165) is 10.1 Å². The smallest absolute Gasteiger partial charge is 0.155 e. The van der Waals surface area contributed by atoms with Crippen LogP contribution in [0.3, 0.4) is 0 Å². The molecule has 2 heterocycles. The zero-order valence-corrected chi connectivity index (χ0v) is 8.53. The minimum atomic E-state index is 0.695. The average molecular weight is 238 g/mol. The highest BCUT2D eigenvalue weighted by Gasteiger charge is 2.26. The summed E-state index contributed by atoms with van der Waals surface area (Å²) in [5.41, 5.74) is 2.12. The fourth-order valence-corrected chi connectivity index (χ4v) is 1.75. The highest BCUT2D eigenvalue weighted by atomic mass is 79.9. The van der Waals surface area contributed by atoms with Crippen molar-refractivity contribution in [2.75, 3.05) is 0 Å². The molecule has 1 fully saturated rings. The summed E-state index contributed by atoms with van der Waals surface area (Å²) >= 11 is 3.37. The first-order chi connectivity index (χ1) is 6.33. The van der Waals surface area contributed by atoms with Crippen LogP contribution in [0.25, 0.3) is 5.65 Å². The molecule has 3 rings (SSSR count). The van der Waals surface area contributed by atoms with Crippen molar-refractivity contribution in [1.82, 2.24) is 14.6 Å². The molecule has 3 nitrogen and oxygen atoms in total. The predicted molar refractivity (Wildman–Crippen MR) is 52.7 cm³/mol. The van der Waals surface area contributed by atoms with Crippen molar-refractivity contribution < 1.29 is 0 Å². The molecule has 66 valence electrons. The Bertz CT molecular complexity index is 459.